The molecule has 0 spiro atoms. The molecule has 0 atom stereocenters. The molecule has 0 unspecified atom stereocenters. The fraction of sp³-hybridized carbons (Fsp3) is 0.500. The number of halogens is 1. The maximum absolute atomic E-state index is 12.6. The van der Waals surface area contributed by atoms with Gasteiger partial charge in [-0.05, 0) is 62.4 Å². The summed E-state index contributed by atoms with van der Waals surface area (Å²) in [5.74, 6) is 1.37. The number of amides is 1. The summed E-state index contributed by atoms with van der Waals surface area (Å²) in [4.78, 5) is 14.6. The van der Waals surface area contributed by atoms with Gasteiger partial charge in [-0.25, -0.2) is 0 Å². The summed E-state index contributed by atoms with van der Waals surface area (Å²) in [6.07, 6.45) is 4.83. The Balaban J connectivity index is 1.38. The van der Waals surface area contributed by atoms with Crippen molar-refractivity contribution in [3.8, 4) is 0 Å². The lowest BCUT2D eigenvalue weighted by atomic mass is 10.0. The van der Waals surface area contributed by atoms with E-state index in [-0.39, 0.29) is 5.91 Å². The molecule has 1 saturated carbocycles. The third-order valence-corrected chi connectivity index (χ3v) is 5.36. The molecule has 2 heterocycles. The van der Waals surface area contributed by atoms with Crippen molar-refractivity contribution in [2.75, 3.05) is 19.6 Å². The summed E-state index contributed by atoms with van der Waals surface area (Å²) in [6, 6.07) is 8.21. The molecule has 1 aromatic heterocycles. The van der Waals surface area contributed by atoms with Crippen LogP contribution >= 0.6 is 15.9 Å². The lowest BCUT2D eigenvalue weighted by Gasteiger charge is -2.32. The Morgan fingerprint density at radius 2 is 2.00 bits per heavy atom. The van der Waals surface area contributed by atoms with Gasteiger partial charge in [0.25, 0.3) is 5.91 Å². The molecule has 0 radical (unpaired) electrons. The van der Waals surface area contributed by atoms with E-state index in [1.165, 1.54) is 12.8 Å². The zero-order valence-electron chi connectivity index (χ0n) is 13.1. The molecule has 1 aliphatic carbocycles. The number of carbonyl (C=O) groups excluding carboxylic acids is 1. The Morgan fingerprint density at radius 1 is 1.22 bits per heavy atom. The number of benzene rings is 1. The predicted molar refractivity (Wildman–Crippen MR) is 93.6 cm³/mol. The first-order valence-electron chi connectivity index (χ1n) is 8.41. The molecule has 23 heavy (non-hydrogen) atoms. The minimum Gasteiger partial charge on any atom is -0.451 e. The fourth-order valence-electron chi connectivity index (χ4n) is 3.22. The normalized spacial score (nSPS) is 19.4. The highest BCUT2D eigenvalue weighted by molar-refractivity contribution is 9.10. The molecule has 1 aromatic carbocycles. The molecule has 4 nitrogen and oxygen atoms in total. The van der Waals surface area contributed by atoms with Crippen LogP contribution in [0.15, 0.2) is 33.2 Å². The molecule has 2 aromatic rings. The van der Waals surface area contributed by atoms with Crippen LogP contribution < -0.4 is 5.32 Å². The van der Waals surface area contributed by atoms with E-state index < -0.39 is 0 Å². The van der Waals surface area contributed by atoms with Crippen molar-refractivity contribution in [3.05, 3.63) is 34.5 Å². The van der Waals surface area contributed by atoms with E-state index >= 15 is 0 Å². The summed E-state index contributed by atoms with van der Waals surface area (Å²) < 4.78 is 6.72. The Labute approximate surface area is 144 Å². The molecule has 5 heteroatoms. The largest absolute Gasteiger partial charge is 0.451 e. The minimum absolute atomic E-state index is 0.0120. The van der Waals surface area contributed by atoms with Gasteiger partial charge in [0.05, 0.1) is 0 Å². The number of rotatable bonds is 4. The Kier molecular flexibility index (Phi) is 4.16. The third kappa shape index (κ3) is 3.45. The molecular weight excluding hydrogens is 356 g/mol. The first kappa shape index (κ1) is 15.2. The van der Waals surface area contributed by atoms with Gasteiger partial charge < -0.3 is 14.6 Å². The van der Waals surface area contributed by atoms with Gasteiger partial charge in [0.1, 0.15) is 5.58 Å². The average molecular weight is 377 g/mol. The lowest BCUT2D eigenvalue weighted by Crippen LogP contribution is -2.45. The van der Waals surface area contributed by atoms with Crippen molar-refractivity contribution in [3.63, 3.8) is 0 Å². The van der Waals surface area contributed by atoms with Crippen LogP contribution in [0.3, 0.4) is 0 Å². The second-order valence-electron chi connectivity index (χ2n) is 6.71. The SMILES string of the molecule is O=C(c1cc2cc(Br)ccc2o1)N1CCC(NCC2CC2)CC1. The third-order valence-electron chi connectivity index (χ3n) is 4.86. The topological polar surface area (TPSA) is 45.5 Å². The van der Waals surface area contributed by atoms with Crippen molar-refractivity contribution in [1.82, 2.24) is 10.2 Å². The number of hydrogen-bond acceptors (Lipinski definition) is 3. The van der Waals surface area contributed by atoms with Gasteiger partial charge in [-0.2, -0.15) is 0 Å². The van der Waals surface area contributed by atoms with Crippen LogP contribution in [0.1, 0.15) is 36.2 Å². The summed E-state index contributed by atoms with van der Waals surface area (Å²) in [5, 5.41) is 4.61. The van der Waals surface area contributed by atoms with Crippen molar-refractivity contribution >= 4 is 32.8 Å². The highest BCUT2D eigenvalue weighted by Gasteiger charge is 2.27. The second-order valence-corrected chi connectivity index (χ2v) is 7.63. The molecule has 4 rings (SSSR count). The lowest BCUT2D eigenvalue weighted by molar-refractivity contribution is 0.0675. The predicted octanol–water partition coefficient (Wildman–Crippen LogP) is 3.80. The summed E-state index contributed by atoms with van der Waals surface area (Å²) in [7, 11) is 0. The quantitative estimate of drug-likeness (QED) is 0.882. The smallest absolute Gasteiger partial charge is 0.289 e. The number of nitrogens with one attached hydrogen (secondary N) is 1. The zero-order valence-corrected chi connectivity index (χ0v) is 14.6. The number of likely N-dealkylation sites (tertiary alicyclic amines) is 1. The molecule has 1 aliphatic heterocycles. The van der Waals surface area contributed by atoms with Crippen LogP contribution in [-0.2, 0) is 0 Å². The van der Waals surface area contributed by atoms with Crippen LogP contribution in [0.4, 0.5) is 0 Å². The second kappa shape index (κ2) is 6.29. The molecule has 2 fully saturated rings. The van der Waals surface area contributed by atoms with E-state index in [9.17, 15) is 4.79 Å². The molecule has 1 amide bonds. The van der Waals surface area contributed by atoms with Crippen LogP contribution in [0.2, 0.25) is 0 Å². The van der Waals surface area contributed by atoms with Crippen LogP contribution in [0.25, 0.3) is 11.0 Å². The van der Waals surface area contributed by atoms with Gasteiger partial charge in [-0.3, -0.25) is 4.79 Å². The summed E-state index contributed by atoms with van der Waals surface area (Å²) in [5.41, 5.74) is 0.762. The van der Waals surface area contributed by atoms with Gasteiger partial charge >= 0.3 is 0 Å². The fourth-order valence-corrected chi connectivity index (χ4v) is 3.60. The maximum Gasteiger partial charge on any atom is 0.289 e. The molecule has 0 bridgehead atoms. The van der Waals surface area contributed by atoms with Crippen molar-refractivity contribution < 1.29 is 9.21 Å². The maximum atomic E-state index is 12.6. The average Bonchev–Trinajstić information content (AvgIpc) is 3.30. The number of piperidine rings is 1. The van der Waals surface area contributed by atoms with E-state index in [2.05, 4.69) is 21.2 Å². The van der Waals surface area contributed by atoms with E-state index in [1.807, 2.05) is 29.2 Å². The van der Waals surface area contributed by atoms with E-state index in [0.717, 1.165) is 53.8 Å². The van der Waals surface area contributed by atoms with Gasteiger partial charge in [-0.1, -0.05) is 15.9 Å². The number of furan rings is 1. The Morgan fingerprint density at radius 3 is 2.74 bits per heavy atom. The minimum atomic E-state index is 0.0120. The van der Waals surface area contributed by atoms with Crippen LogP contribution in [-0.4, -0.2) is 36.5 Å². The van der Waals surface area contributed by atoms with E-state index in [4.69, 9.17) is 4.42 Å². The first-order valence-corrected chi connectivity index (χ1v) is 9.20. The van der Waals surface area contributed by atoms with Crippen molar-refractivity contribution in [2.45, 2.75) is 31.7 Å². The molecular formula is C18H21BrN2O2. The monoisotopic (exact) mass is 376 g/mol. The zero-order chi connectivity index (χ0) is 15.8. The van der Waals surface area contributed by atoms with Crippen molar-refractivity contribution in [2.24, 2.45) is 5.92 Å². The molecule has 1 saturated heterocycles. The number of carbonyl (C=O) groups is 1. The summed E-state index contributed by atoms with van der Waals surface area (Å²) >= 11 is 3.45. The molecule has 122 valence electrons. The highest BCUT2D eigenvalue weighted by atomic mass is 79.9. The Bertz CT molecular complexity index is 715. The van der Waals surface area contributed by atoms with Gasteiger partial charge in [-0.15, -0.1) is 0 Å². The number of fused-ring (bicyclic) bond motifs is 1. The Hall–Kier alpha value is -1.33. The highest BCUT2D eigenvalue weighted by Crippen LogP contribution is 2.28. The van der Waals surface area contributed by atoms with Gasteiger partial charge in [0.15, 0.2) is 5.76 Å². The van der Waals surface area contributed by atoms with Gasteiger partial charge in [0, 0.05) is 29.0 Å². The molecule has 1 N–H and O–H groups in total. The van der Waals surface area contributed by atoms with Gasteiger partial charge in [0.2, 0.25) is 0 Å². The summed E-state index contributed by atoms with van der Waals surface area (Å²) in [6.45, 7) is 2.76. The van der Waals surface area contributed by atoms with Crippen LogP contribution in [0.5, 0.6) is 0 Å². The van der Waals surface area contributed by atoms with E-state index in [0.29, 0.717) is 11.8 Å². The first-order chi connectivity index (χ1) is 11.2. The standard InChI is InChI=1S/C18H21BrN2O2/c19-14-3-4-16-13(9-14)10-17(23-16)18(22)21-7-5-15(6-8-21)20-11-12-1-2-12/h3-4,9-10,12,15,20H,1-2,5-8,11H2. The molecule has 2 aliphatic rings. The number of nitrogens with zero attached hydrogens (tertiary/aromatic N) is 1. The van der Waals surface area contributed by atoms with Crippen molar-refractivity contribution in [1.29, 1.82) is 0 Å². The number of hydrogen-bond donors (Lipinski definition) is 1. The van der Waals surface area contributed by atoms with Crippen LogP contribution in [0, 0.1) is 5.92 Å². The van der Waals surface area contributed by atoms with E-state index in [1.54, 1.807) is 0 Å².